The van der Waals surface area contributed by atoms with Crippen LogP contribution < -0.4 is 14.8 Å². The number of rotatable bonds is 9. The van der Waals surface area contributed by atoms with E-state index in [1.807, 2.05) is 44.2 Å². The van der Waals surface area contributed by atoms with Crippen LogP contribution >= 0.6 is 11.6 Å². The topological polar surface area (TPSA) is 84.2 Å². The number of aryl methyl sites for hydroxylation is 1. The van der Waals surface area contributed by atoms with Crippen molar-refractivity contribution in [2.75, 3.05) is 25.2 Å². The number of halogens is 1. The van der Waals surface area contributed by atoms with Gasteiger partial charge in [-0.15, -0.1) is 0 Å². The summed E-state index contributed by atoms with van der Waals surface area (Å²) in [6, 6.07) is 15.9. The fourth-order valence-electron chi connectivity index (χ4n) is 3.80. The van der Waals surface area contributed by atoms with E-state index in [1.54, 1.807) is 29.2 Å². The SMILES string of the molecule is CCCN(CC(=O)N(Cc1ccc2c(c1)OCO2)Cc1ccc(C)o1)C(=O)Nc1cccc(Cl)c1. The number of carbonyl (C=O) groups is 2. The first kappa shape index (κ1) is 24.5. The molecule has 0 unspecified atom stereocenters. The number of urea groups is 1. The Bertz CT molecular complexity index is 1200. The molecule has 0 spiro atoms. The molecule has 3 aromatic rings. The molecule has 1 aliphatic rings. The molecule has 8 nitrogen and oxygen atoms in total. The molecule has 3 amide bonds. The number of amides is 3. The highest BCUT2D eigenvalue weighted by molar-refractivity contribution is 6.30. The number of hydrogen-bond donors (Lipinski definition) is 1. The van der Waals surface area contributed by atoms with Crippen LogP contribution in [0.3, 0.4) is 0 Å². The molecule has 0 fully saturated rings. The summed E-state index contributed by atoms with van der Waals surface area (Å²) in [5, 5.41) is 3.34. The summed E-state index contributed by atoms with van der Waals surface area (Å²) in [6.45, 7) is 4.94. The molecule has 4 rings (SSSR count). The number of hydrogen-bond acceptors (Lipinski definition) is 5. The lowest BCUT2D eigenvalue weighted by molar-refractivity contribution is -0.133. The number of furan rings is 1. The van der Waals surface area contributed by atoms with Crippen molar-refractivity contribution in [3.05, 3.63) is 76.7 Å². The Balaban J connectivity index is 1.50. The van der Waals surface area contributed by atoms with Gasteiger partial charge < -0.3 is 29.0 Å². The molecule has 0 saturated heterocycles. The molecule has 184 valence electrons. The molecule has 9 heteroatoms. The lowest BCUT2D eigenvalue weighted by Gasteiger charge is -2.27. The summed E-state index contributed by atoms with van der Waals surface area (Å²) in [7, 11) is 0. The number of nitrogens with zero attached hydrogens (tertiary/aromatic N) is 2. The molecule has 0 radical (unpaired) electrons. The number of fused-ring (bicyclic) bond motifs is 1. The lowest BCUT2D eigenvalue weighted by atomic mass is 10.2. The van der Waals surface area contributed by atoms with E-state index in [2.05, 4.69) is 5.32 Å². The highest BCUT2D eigenvalue weighted by Crippen LogP contribution is 2.33. The van der Waals surface area contributed by atoms with Crippen molar-refractivity contribution >= 4 is 29.2 Å². The molecule has 0 bridgehead atoms. The van der Waals surface area contributed by atoms with Crippen LogP contribution in [0.1, 0.15) is 30.4 Å². The number of anilines is 1. The van der Waals surface area contributed by atoms with Crippen molar-refractivity contribution in [3.63, 3.8) is 0 Å². The fourth-order valence-corrected chi connectivity index (χ4v) is 3.99. The highest BCUT2D eigenvalue weighted by Gasteiger charge is 2.23. The van der Waals surface area contributed by atoms with E-state index < -0.39 is 0 Å². The van der Waals surface area contributed by atoms with Crippen molar-refractivity contribution in [3.8, 4) is 11.5 Å². The maximum atomic E-state index is 13.5. The maximum Gasteiger partial charge on any atom is 0.322 e. The Morgan fingerprint density at radius 1 is 1.00 bits per heavy atom. The average molecular weight is 498 g/mol. The normalized spacial score (nSPS) is 11.9. The predicted molar refractivity (Wildman–Crippen MR) is 133 cm³/mol. The zero-order valence-corrected chi connectivity index (χ0v) is 20.5. The number of benzene rings is 2. The first-order chi connectivity index (χ1) is 16.9. The van der Waals surface area contributed by atoms with Crippen molar-refractivity contribution in [1.29, 1.82) is 0 Å². The van der Waals surface area contributed by atoms with Gasteiger partial charge in [-0.05, 0) is 61.4 Å². The third kappa shape index (κ3) is 6.48. The van der Waals surface area contributed by atoms with Gasteiger partial charge in [0.1, 0.15) is 18.1 Å². The standard InChI is InChI=1S/C26H28ClN3O5/c1-3-11-29(26(32)28-21-6-4-5-20(27)13-21)16-25(31)30(15-22-9-7-18(2)35-22)14-19-8-10-23-24(12-19)34-17-33-23/h4-10,12-13H,3,11,14-17H2,1-2H3,(H,28,32). The molecule has 1 aromatic heterocycles. The molecular weight excluding hydrogens is 470 g/mol. The smallest absolute Gasteiger partial charge is 0.322 e. The van der Waals surface area contributed by atoms with E-state index in [0.717, 1.165) is 11.3 Å². The Hall–Kier alpha value is -3.65. The molecule has 0 aliphatic carbocycles. The highest BCUT2D eigenvalue weighted by atomic mass is 35.5. The first-order valence-corrected chi connectivity index (χ1v) is 11.8. The van der Waals surface area contributed by atoms with Crippen LogP contribution in [-0.2, 0) is 17.9 Å². The van der Waals surface area contributed by atoms with Crippen LogP contribution in [-0.4, -0.2) is 41.6 Å². The van der Waals surface area contributed by atoms with Gasteiger partial charge in [0.05, 0.1) is 6.54 Å². The second-order valence-corrected chi connectivity index (χ2v) is 8.75. The molecule has 1 N–H and O–H groups in total. The van der Waals surface area contributed by atoms with Crippen LogP contribution in [0.15, 0.2) is 59.0 Å². The van der Waals surface area contributed by atoms with Crippen LogP contribution in [0.4, 0.5) is 10.5 Å². The van der Waals surface area contributed by atoms with Crippen LogP contribution in [0.5, 0.6) is 11.5 Å². The van der Waals surface area contributed by atoms with Gasteiger partial charge in [-0.2, -0.15) is 0 Å². The van der Waals surface area contributed by atoms with E-state index in [4.69, 9.17) is 25.5 Å². The molecule has 35 heavy (non-hydrogen) atoms. The quantitative estimate of drug-likeness (QED) is 0.425. The summed E-state index contributed by atoms with van der Waals surface area (Å²) in [6.07, 6.45) is 0.704. The minimum Gasteiger partial charge on any atom is -0.464 e. The minimum atomic E-state index is -0.362. The summed E-state index contributed by atoms with van der Waals surface area (Å²) in [4.78, 5) is 29.6. The van der Waals surface area contributed by atoms with Gasteiger partial charge >= 0.3 is 6.03 Å². The second kappa shape index (κ2) is 11.2. The third-order valence-electron chi connectivity index (χ3n) is 5.49. The van der Waals surface area contributed by atoms with Crippen LogP contribution in [0.25, 0.3) is 0 Å². The van der Waals surface area contributed by atoms with Gasteiger partial charge in [0.15, 0.2) is 11.5 Å². The summed E-state index contributed by atoms with van der Waals surface area (Å²) in [5.41, 5.74) is 1.45. The molecule has 0 atom stereocenters. The molecule has 2 heterocycles. The average Bonchev–Trinajstić information content (AvgIpc) is 3.46. The third-order valence-corrected chi connectivity index (χ3v) is 5.72. The van der Waals surface area contributed by atoms with Gasteiger partial charge in [0, 0.05) is 23.8 Å². The fraction of sp³-hybridized carbons (Fsp3) is 0.308. The summed E-state index contributed by atoms with van der Waals surface area (Å²) in [5.74, 6) is 2.56. The number of nitrogens with one attached hydrogen (secondary N) is 1. The van der Waals surface area contributed by atoms with Crippen molar-refractivity contribution in [1.82, 2.24) is 9.80 Å². The monoisotopic (exact) mass is 497 g/mol. The van der Waals surface area contributed by atoms with Gasteiger partial charge in [0.2, 0.25) is 12.7 Å². The lowest BCUT2D eigenvalue weighted by Crippen LogP contribution is -2.44. The van der Waals surface area contributed by atoms with Gasteiger partial charge in [0.25, 0.3) is 0 Å². The van der Waals surface area contributed by atoms with Gasteiger partial charge in [-0.25, -0.2) is 4.79 Å². The van der Waals surface area contributed by atoms with Crippen molar-refractivity contribution < 1.29 is 23.5 Å². The first-order valence-electron chi connectivity index (χ1n) is 11.4. The van der Waals surface area contributed by atoms with Crippen molar-refractivity contribution in [2.24, 2.45) is 0 Å². The van der Waals surface area contributed by atoms with Gasteiger partial charge in [-0.1, -0.05) is 30.7 Å². The zero-order chi connectivity index (χ0) is 24.8. The Labute approximate surface area is 209 Å². The second-order valence-electron chi connectivity index (χ2n) is 8.31. The Kier molecular flexibility index (Phi) is 7.82. The van der Waals surface area contributed by atoms with Crippen molar-refractivity contribution in [2.45, 2.75) is 33.4 Å². The van der Waals surface area contributed by atoms with E-state index in [1.165, 1.54) is 4.90 Å². The summed E-state index contributed by atoms with van der Waals surface area (Å²) >= 11 is 6.03. The van der Waals surface area contributed by atoms with E-state index in [9.17, 15) is 9.59 Å². The number of carbonyl (C=O) groups excluding carboxylic acids is 2. The van der Waals surface area contributed by atoms with Crippen LogP contribution in [0, 0.1) is 6.92 Å². The molecule has 1 aliphatic heterocycles. The van der Waals surface area contributed by atoms with Crippen LogP contribution in [0.2, 0.25) is 5.02 Å². The Morgan fingerprint density at radius 3 is 2.57 bits per heavy atom. The molecule has 0 saturated carbocycles. The molecular formula is C26H28ClN3O5. The van der Waals surface area contributed by atoms with E-state index >= 15 is 0 Å². The number of ether oxygens (including phenoxy) is 2. The van der Waals surface area contributed by atoms with Gasteiger partial charge in [-0.3, -0.25) is 4.79 Å². The zero-order valence-electron chi connectivity index (χ0n) is 19.8. The molecule has 2 aromatic carbocycles. The van der Waals surface area contributed by atoms with E-state index in [0.29, 0.717) is 47.5 Å². The summed E-state index contributed by atoms with van der Waals surface area (Å²) < 4.78 is 16.6. The minimum absolute atomic E-state index is 0.0789. The maximum absolute atomic E-state index is 13.5. The predicted octanol–water partition coefficient (Wildman–Crippen LogP) is 5.44. The largest absolute Gasteiger partial charge is 0.464 e. The Morgan fingerprint density at radius 2 is 1.83 bits per heavy atom. The van der Waals surface area contributed by atoms with E-state index in [-0.39, 0.29) is 31.8 Å².